The number of allylic oxidation sites excluding steroid dienone is 5. The highest BCUT2D eigenvalue weighted by Crippen LogP contribution is 2.32. The number of nitrogens with zero attached hydrogens (tertiary/aromatic N) is 3. The van der Waals surface area contributed by atoms with Crippen molar-refractivity contribution in [3.8, 4) is 6.07 Å². The first-order chi connectivity index (χ1) is 19.1. The molecule has 1 aliphatic rings. The number of rotatable bonds is 10. The Labute approximate surface area is 229 Å². The first-order valence-electron chi connectivity index (χ1n) is 12.6. The maximum Gasteiger partial charge on any atom is 0.435 e. The van der Waals surface area contributed by atoms with E-state index >= 15 is 0 Å². The van der Waals surface area contributed by atoms with Crippen LogP contribution in [0.2, 0.25) is 0 Å². The number of carbonyl (C=O) groups excluding carboxylic acids is 1. The zero-order valence-corrected chi connectivity index (χ0v) is 21.7. The van der Waals surface area contributed by atoms with Crippen molar-refractivity contribution in [1.82, 2.24) is 15.1 Å². The van der Waals surface area contributed by atoms with E-state index < -0.39 is 29.3 Å². The molecule has 0 aliphatic heterocycles. The maximum atomic E-state index is 14.9. The van der Waals surface area contributed by atoms with E-state index in [2.05, 4.69) is 22.3 Å². The van der Waals surface area contributed by atoms with Crippen molar-refractivity contribution in [2.75, 3.05) is 11.9 Å². The third-order valence-corrected chi connectivity index (χ3v) is 6.31. The molecule has 1 fully saturated rings. The Bertz CT molecular complexity index is 1490. The molecule has 1 heterocycles. The molecule has 1 aromatic heterocycles. The maximum absolute atomic E-state index is 14.9. The number of nitriles is 1. The van der Waals surface area contributed by atoms with Crippen LogP contribution in [0.1, 0.15) is 53.1 Å². The van der Waals surface area contributed by atoms with Gasteiger partial charge < -0.3 is 10.6 Å². The van der Waals surface area contributed by atoms with Gasteiger partial charge in [0, 0.05) is 6.07 Å². The van der Waals surface area contributed by atoms with Gasteiger partial charge in [-0.25, -0.2) is 9.07 Å². The Kier molecular flexibility index (Phi) is 8.65. The lowest BCUT2D eigenvalue weighted by atomic mass is 9.97. The molecule has 0 bridgehead atoms. The van der Waals surface area contributed by atoms with E-state index in [0.29, 0.717) is 22.2 Å². The number of amides is 1. The topological polar surface area (TPSA) is 82.7 Å². The Morgan fingerprint density at radius 1 is 1.20 bits per heavy atom. The van der Waals surface area contributed by atoms with Gasteiger partial charge in [0.25, 0.3) is 5.91 Å². The van der Waals surface area contributed by atoms with E-state index in [-0.39, 0.29) is 23.0 Å². The van der Waals surface area contributed by atoms with Crippen LogP contribution in [0.5, 0.6) is 0 Å². The van der Waals surface area contributed by atoms with Crippen molar-refractivity contribution in [1.29, 1.82) is 5.26 Å². The molecular formula is C30H27F4N5O. The van der Waals surface area contributed by atoms with Gasteiger partial charge in [-0.15, -0.1) is 0 Å². The molecule has 0 spiro atoms. The standard InChI is InChI=1S/C30H27F4N5O/c1-3-7-21(17-35)14-19(2)39-26(16-27(38-39)30(32,33)34)29(40)37-25-15-23(12-13-24(25)31)28(36-18-20-10-11-20)22-8-5-4-6-9-22/h3-9,12-16,20,28,36H,2,10-11,18H2,1H3,(H,37,40)/b7-3-,21-14+. The SMILES string of the molecule is C=C(/C=C(C#N)\C=C/C)n1nc(C(F)(F)F)cc1C(=O)Nc1cc(C(NCC2CC2)c2ccccc2)ccc1F. The van der Waals surface area contributed by atoms with Crippen LogP contribution in [0, 0.1) is 23.1 Å². The second-order valence-electron chi connectivity index (χ2n) is 9.42. The molecule has 1 amide bonds. The van der Waals surface area contributed by atoms with Gasteiger partial charge in [0.1, 0.15) is 11.5 Å². The molecular weight excluding hydrogens is 522 g/mol. The fourth-order valence-corrected chi connectivity index (χ4v) is 4.12. The van der Waals surface area contributed by atoms with E-state index in [4.69, 9.17) is 0 Å². The molecule has 1 aliphatic carbocycles. The van der Waals surface area contributed by atoms with Gasteiger partial charge >= 0.3 is 6.18 Å². The lowest BCUT2D eigenvalue weighted by Gasteiger charge is -2.21. The number of benzene rings is 2. The van der Waals surface area contributed by atoms with Gasteiger partial charge in [0.05, 0.1) is 29.1 Å². The van der Waals surface area contributed by atoms with Gasteiger partial charge in [-0.05, 0) is 67.6 Å². The Balaban J connectivity index is 1.67. The number of halogens is 4. The third-order valence-electron chi connectivity index (χ3n) is 6.31. The average molecular weight is 550 g/mol. The predicted octanol–water partition coefficient (Wildman–Crippen LogP) is 6.88. The van der Waals surface area contributed by atoms with E-state index in [1.54, 1.807) is 19.1 Å². The molecule has 6 nitrogen and oxygen atoms in total. The quantitative estimate of drug-likeness (QED) is 0.164. The summed E-state index contributed by atoms with van der Waals surface area (Å²) in [6, 6.07) is 16.0. The highest BCUT2D eigenvalue weighted by molar-refractivity contribution is 6.04. The number of carbonyl (C=O) groups is 1. The monoisotopic (exact) mass is 549 g/mol. The van der Waals surface area contributed by atoms with Crippen molar-refractivity contribution in [3.05, 3.63) is 113 Å². The van der Waals surface area contributed by atoms with Crippen LogP contribution in [0.25, 0.3) is 5.70 Å². The van der Waals surface area contributed by atoms with E-state index in [9.17, 15) is 27.6 Å². The molecule has 0 radical (unpaired) electrons. The second-order valence-corrected chi connectivity index (χ2v) is 9.42. The Hall–Kier alpha value is -4.49. The summed E-state index contributed by atoms with van der Waals surface area (Å²) in [4.78, 5) is 13.2. The van der Waals surface area contributed by atoms with E-state index in [1.807, 2.05) is 36.4 Å². The minimum atomic E-state index is -4.85. The summed E-state index contributed by atoms with van der Waals surface area (Å²) in [6.45, 7) is 6.11. The molecule has 1 atom stereocenters. The number of alkyl halides is 3. The second kappa shape index (κ2) is 12.1. The van der Waals surface area contributed by atoms with Gasteiger partial charge in [-0.1, -0.05) is 49.1 Å². The van der Waals surface area contributed by atoms with Crippen LogP contribution in [-0.2, 0) is 6.18 Å². The highest BCUT2D eigenvalue weighted by atomic mass is 19.4. The smallest absolute Gasteiger partial charge is 0.318 e. The van der Waals surface area contributed by atoms with Crippen molar-refractivity contribution >= 4 is 17.3 Å². The van der Waals surface area contributed by atoms with Crippen molar-refractivity contribution in [2.24, 2.45) is 5.92 Å². The van der Waals surface area contributed by atoms with Crippen LogP contribution in [0.3, 0.4) is 0 Å². The first kappa shape index (κ1) is 28.5. The van der Waals surface area contributed by atoms with Crippen molar-refractivity contribution in [2.45, 2.75) is 32.0 Å². The molecule has 2 aromatic carbocycles. The van der Waals surface area contributed by atoms with Crippen molar-refractivity contribution < 1.29 is 22.4 Å². The summed E-state index contributed by atoms with van der Waals surface area (Å²) < 4.78 is 56.1. The Morgan fingerprint density at radius 2 is 1.93 bits per heavy atom. The highest BCUT2D eigenvalue weighted by Gasteiger charge is 2.36. The lowest BCUT2D eigenvalue weighted by Crippen LogP contribution is -2.25. The lowest BCUT2D eigenvalue weighted by molar-refractivity contribution is -0.141. The molecule has 2 N–H and O–H groups in total. The number of nitrogens with one attached hydrogen (secondary N) is 2. The Morgan fingerprint density at radius 3 is 2.55 bits per heavy atom. The summed E-state index contributed by atoms with van der Waals surface area (Å²) in [7, 11) is 0. The van der Waals surface area contributed by atoms with Gasteiger partial charge in [-0.2, -0.15) is 23.5 Å². The van der Waals surface area contributed by atoms with Crippen LogP contribution in [-0.4, -0.2) is 22.2 Å². The molecule has 1 saturated carbocycles. The third kappa shape index (κ3) is 6.93. The minimum Gasteiger partial charge on any atom is -0.318 e. The normalized spacial score (nSPS) is 14.7. The number of hydrogen-bond acceptors (Lipinski definition) is 4. The largest absolute Gasteiger partial charge is 0.435 e. The zero-order chi connectivity index (χ0) is 28.9. The molecule has 40 heavy (non-hydrogen) atoms. The fraction of sp³-hybridized carbons (Fsp3) is 0.233. The fourth-order valence-electron chi connectivity index (χ4n) is 4.12. The van der Waals surface area contributed by atoms with Crippen LogP contribution in [0.15, 0.2) is 85.0 Å². The zero-order valence-electron chi connectivity index (χ0n) is 21.7. The minimum absolute atomic E-state index is 0.0901. The summed E-state index contributed by atoms with van der Waals surface area (Å²) in [5.41, 5.74) is -0.513. The van der Waals surface area contributed by atoms with Crippen LogP contribution < -0.4 is 10.6 Å². The summed E-state index contributed by atoms with van der Waals surface area (Å²) in [5.74, 6) is -1.21. The van der Waals surface area contributed by atoms with E-state index in [0.717, 1.165) is 24.9 Å². The molecule has 1 unspecified atom stereocenters. The van der Waals surface area contributed by atoms with Gasteiger partial charge in [-0.3, -0.25) is 4.79 Å². The van der Waals surface area contributed by atoms with Crippen LogP contribution in [0.4, 0.5) is 23.2 Å². The summed E-state index contributed by atoms with van der Waals surface area (Å²) in [6.07, 6.45) is 1.61. The molecule has 206 valence electrons. The average Bonchev–Trinajstić information content (AvgIpc) is 3.63. The molecule has 4 rings (SSSR count). The number of anilines is 1. The molecule has 10 heteroatoms. The van der Waals surface area contributed by atoms with Gasteiger partial charge in [0.15, 0.2) is 5.69 Å². The summed E-state index contributed by atoms with van der Waals surface area (Å²) >= 11 is 0. The van der Waals surface area contributed by atoms with Gasteiger partial charge in [0.2, 0.25) is 0 Å². The molecule has 3 aromatic rings. The van der Waals surface area contributed by atoms with E-state index in [1.165, 1.54) is 24.3 Å². The van der Waals surface area contributed by atoms with Crippen molar-refractivity contribution in [3.63, 3.8) is 0 Å². The predicted molar refractivity (Wildman–Crippen MR) is 144 cm³/mol. The molecule has 0 saturated heterocycles. The number of aromatic nitrogens is 2. The summed E-state index contributed by atoms with van der Waals surface area (Å²) in [5, 5.41) is 18.7. The first-order valence-corrected chi connectivity index (χ1v) is 12.6. The number of hydrogen-bond donors (Lipinski definition) is 2. The van der Waals surface area contributed by atoms with Crippen LogP contribution >= 0.6 is 0 Å².